The molecule has 0 aromatic carbocycles. The number of carbonyl (C=O) groups excluding carboxylic acids is 2. The third-order valence-electron chi connectivity index (χ3n) is 3.96. The minimum absolute atomic E-state index is 0.0152. The van der Waals surface area contributed by atoms with Crippen molar-refractivity contribution >= 4 is 11.9 Å². The van der Waals surface area contributed by atoms with Crippen molar-refractivity contribution < 1.29 is 23.8 Å². The summed E-state index contributed by atoms with van der Waals surface area (Å²) in [6.07, 6.45) is 3.44. The molecule has 0 spiro atoms. The summed E-state index contributed by atoms with van der Waals surface area (Å²) in [6.45, 7) is 3.27. The van der Waals surface area contributed by atoms with E-state index in [9.17, 15) is 9.59 Å². The highest BCUT2D eigenvalue weighted by atomic mass is 16.7. The molecular weight excluding hydrogens is 236 g/mol. The maximum atomic E-state index is 11.1. The van der Waals surface area contributed by atoms with Gasteiger partial charge in [0.25, 0.3) is 0 Å². The fourth-order valence-corrected chi connectivity index (χ4v) is 3.27. The van der Waals surface area contributed by atoms with E-state index >= 15 is 0 Å². The van der Waals surface area contributed by atoms with E-state index in [1.807, 2.05) is 0 Å². The van der Waals surface area contributed by atoms with Gasteiger partial charge in [0.15, 0.2) is 6.79 Å². The third-order valence-corrected chi connectivity index (χ3v) is 3.96. The van der Waals surface area contributed by atoms with Gasteiger partial charge in [-0.05, 0) is 31.1 Å². The van der Waals surface area contributed by atoms with Crippen LogP contribution in [0.1, 0.15) is 33.1 Å². The van der Waals surface area contributed by atoms with Crippen molar-refractivity contribution in [2.24, 2.45) is 17.8 Å². The maximum Gasteiger partial charge on any atom is 0.304 e. The van der Waals surface area contributed by atoms with Crippen LogP contribution in [0.2, 0.25) is 0 Å². The number of hydrogen-bond donors (Lipinski definition) is 0. The molecule has 2 aliphatic carbocycles. The summed E-state index contributed by atoms with van der Waals surface area (Å²) in [5.41, 5.74) is 0. The summed E-state index contributed by atoms with van der Waals surface area (Å²) in [5, 5.41) is 0. The minimum Gasteiger partial charge on any atom is -0.462 e. The van der Waals surface area contributed by atoms with Crippen LogP contribution in [-0.2, 0) is 23.8 Å². The summed E-state index contributed by atoms with van der Waals surface area (Å²) in [4.78, 5) is 21.7. The Labute approximate surface area is 107 Å². The van der Waals surface area contributed by atoms with Crippen LogP contribution >= 0.6 is 0 Å². The summed E-state index contributed by atoms with van der Waals surface area (Å²) >= 11 is 0. The van der Waals surface area contributed by atoms with Crippen LogP contribution in [0.25, 0.3) is 0 Å². The summed E-state index contributed by atoms with van der Waals surface area (Å²) in [6, 6.07) is 0. The first-order valence-corrected chi connectivity index (χ1v) is 6.46. The molecule has 0 aromatic heterocycles. The first-order chi connectivity index (χ1) is 8.58. The normalized spacial score (nSPS) is 33.4. The molecule has 0 amide bonds. The largest absolute Gasteiger partial charge is 0.462 e. The van der Waals surface area contributed by atoms with Crippen molar-refractivity contribution in [3.63, 3.8) is 0 Å². The highest BCUT2D eigenvalue weighted by molar-refractivity contribution is 5.66. The van der Waals surface area contributed by atoms with Gasteiger partial charge >= 0.3 is 11.9 Å². The van der Waals surface area contributed by atoms with Crippen molar-refractivity contribution in [1.82, 2.24) is 0 Å². The van der Waals surface area contributed by atoms with Gasteiger partial charge in [-0.15, -0.1) is 0 Å². The first kappa shape index (κ1) is 13.3. The number of fused-ring (bicyclic) bond motifs is 2. The predicted molar refractivity (Wildman–Crippen MR) is 62.5 cm³/mol. The summed E-state index contributed by atoms with van der Waals surface area (Å²) < 4.78 is 15.5. The molecule has 0 radical (unpaired) electrons. The van der Waals surface area contributed by atoms with E-state index < -0.39 is 0 Å². The Morgan fingerprint density at radius 1 is 1.11 bits per heavy atom. The first-order valence-electron chi connectivity index (χ1n) is 6.46. The average Bonchev–Trinajstić information content (AvgIpc) is 2.85. The van der Waals surface area contributed by atoms with Gasteiger partial charge in [0.1, 0.15) is 6.10 Å². The van der Waals surface area contributed by atoms with Crippen LogP contribution in [-0.4, -0.2) is 31.4 Å². The second-order valence-corrected chi connectivity index (χ2v) is 5.20. The number of hydrogen-bond acceptors (Lipinski definition) is 5. The van der Waals surface area contributed by atoms with Crippen molar-refractivity contribution in [3.8, 4) is 0 Å². The average molecular weight is 256 g/mol. The predicted octanol–water partition coefficient (Wildman–Crippen LogP) is 1.50. The molecule has 5 nitrogen and oxygen atoms in total. The Morgan fingerprint density at radius 2 is 1.83 bits per heavy atom. The summed E-state index contributed by atoms with van der Waals surface area (Å²) in [7, 11) is 0. The summed E-state index contributed by atoms with van der Waals surface area (Å²) in [5.74, 6) is 0.748. The Bertz CT molecular complexity index is 327. The van der Waals surface area contributed by atoms with E-state index in [4.69, 9.17) is 14.2 Å². The third kappa shape index (κ3) is 3.02. The highest BCUT2D eigenvalue weighted by Crippen LogP contribution is 2.49. The smallest absolute Gasteiger partial charge is 0.304 e. The van der Waals surface area contributed by atoms with Crippen LogP contribution in [0.5, 0.6) is 0 Å². The van der Waals surface area contributed by atoms with E-state index in [-0.39, 0.29) is 30.8 Å². The van der Waals surface area contributed by atoms with Gasteiger partial charge in [-0.1, -0.05) is 0 Å². The van der Waals surface area contributed by atoms with Gasteiger partial charge in [-0.25, -0.2) is 0 Å². The fraction of sp³-hybridized carbons (Fsp3) is 0.846. The standard InChI is InChI=1S/C13H20O5/c1-8(14)17-7-16-6-12-10-3-4-11(5-10)13(12)18-9(2)15/h10-13H,3-7H2,1-2H3/t10?,11?,12-,13+/m1/s1. The molecule has 2 bridgehead atoms. The van der Waals surface area contributed by atoms with Gasteiger partial charge < -0.3 is 14.2 Å². The lowest BCUT2D eigenvalue weighted by Gasteiger charge is -2.30. The monoisotopic (exact) mass is 256 g/mol. The van der Waals surface area contributed by atoms with Crippen LogP contribution in [0.3, 0.4) is 0 Å². The lowest BCUT2D eigenvalue weighted by Crippen LogP contribution is -2.35. The van der Waals surface area contributed by atoms with E-state index in [1.165, 1.54) is 20.3 Å². The molecule has 18 heavy (non-hydrogen) atoms. The molecule has 4 atom stereocenters. The fourth-order valence-electron chi connectivity index (χ4n) is 3.27. The Morgan fingerprint density at radius 3 is 2.50 bits per heavy atom. The molecule has 0 aromatic rings. The second-order valence-electron chi connectivity index (χ2n) is 5.20. The Hall–Kier alpha value is -1.10. The van der Waals surface area contributed by atoms with Crippen molar-refractivity contribution in [2.75, 3.05) is 13.4 Å². The maximum absolute atomic E-state index is 11.1. The van der Waals surface area contributed by atoms with Gasteiger partial charge in [-0.3, -0.25) is 9.59 Å². The minimum atomic E-state index is -0.348. The van der Waals surface area contributed by atoms with Crippen molar-refractivity contribution in [3.05, 3.63) is 0 Å². The quantitative estimate of drug-likeness (QED) is 0.424. The number of rotatable bonds is 5. The molecule has 0 N–H and O–H groups in total. The van der Waals surface area contributed by atoms with Crippen molar-refractivity contribution in [1.29, 1.82) is 0 Å². The van der Waals surface area contributed by atoms with Crippen LogP contribution < -0.4 is 0 Å². The Balaban J connectivity index is 1.81. The zero-order valence-corrected chi connectivity index (χ0v) is 10.9. The Kier molecular flexibility index (Phi) is 4.22. The van der Waals surface area contributed by atoms with E-state index in [1.54, 1.807) is 0 Å². The zero-order valence-electron chi connectivity index (χ0n) is 10.9. The molecule has 102 valence electrons. The molecule has 0 heterocycles. The van der Waals surface area contributed by atoms with E-state index in [2.05, 4.69) is 0 Å². The van der Waals surface area contributed by atoms with Crippen LogP contribution in [0.15, 0.2) is 0 Å². The zero-order chi connectivity index (χ0) is 13.1. The molecule has 2 saturated carbocycles. The lowest BCUT2D eigenvalue weighted by molar-refractivity contribution is -0.160. The molecular formula is C13H20O5. The van der Waals surface area contributed by atoms with Crippen LogP contribution in [0.4, 0.5) is 0 Å². The van der Waals surface area contributed by atoms with Gasteiger partial charge in [0, 0.05) is 19.8 Å². The van der Waals surface area contributed by atoms with Gasteiger partial charge in [0.05, 0.1) is 6.61 Å². The highest BCUT2D eigenvalue weighted by Gasteiger charge is 2.49. The second kappa shape index (κ2) is 5.69. The van der Waals surface area contributed by atoms with Crippen molar-refractivity contribution in [2.45, 2.75) is 39.2 Å². The van der Waals surface area contributed by atoms with E-state index in [0.717, 1.165) is 12.8 Å². The molecule has 2 unspecified atom stereocenters. The van der Waals surface area contributed by atoms with E-state index in [0.29, 0.717) is 18.4 Å². The lowest BCUT2D eigenvalue weighted by atomic mass is 9.87. The van der Waals surface area contributed by atoms with Crippen LogP contribution in [0, 0.1) is 17.8 Å². The molecule has 2 rings (SSSR count). The SMILES string of the molecule is CC(=O)OCOC[C@@H]1C2CCC(C2)[C@@H]1OC(C)=O. The van der Waals surface area contributed by atoms with Gasteiger partial charge in [-0.2, -0.15) is 0 Å². The number of carbonyl (C=O) groups is 2. The number of ether oxygens (including phenoxy) is 3. The molecule has 0 aliphatic heterocycles. The molecule has 5 heteroatoms. The number of esters is 2. The molecule has 2 aliphatic rings. The van der Waals surface area contributed by atoms with Gasteiger partial charge in [0.2, 0.25) is 0 Å². The topological polar surface area (TPSA) is 61.8 Å². The molecule has 2 fully saturated rings. The molecule has 0 saturated heterocycles.